The van der Waals surface area contributed by atoms with Crippen LogP contribution in [0.2, 0.25) is 0 Å². The first-order valence-corrected chi connectivity index (χ1v) is 28.8. The Bertz CT molecular complexity index is 2460. The molecule has 21 heteroatoms. The van der Waals surface area contributed by atoms with E-state index in [0.717, 1.165) is 0 Å². The number of likely N-dealkylation sites (tertiary alicyclic amines) is 1. The molecule has 1 aliphatic carbocycles. The Hall–Kier alpha value is -6.58. The SMILES string of the molecule is CC[C@H](C)[C@@H](C(CC(=O)N1CCC[C@H]1[C@H](OC)[C@@H](C)C(=O)N[C@H](C)[C@@H](O)c1ccccc1)OC)N(C)C(=O)[C@@H](NC(=O)[C@H](C(C)C)N(C)C(=O)OCc1ccc(NC(=O)O[C@H]2/C=C/CC[C@@](C)(C(=O)NCC(=O)OC)CC2)cc1)C(C)C. The van der Waals surface area contributed by atoms with Crippen LogP contribution in [0.5, 0.6) is 0 Å². The Kier molecular flexibility index (Phi) is 26.8. The Morgan fingerprint density at radius 3 is 2.09 bits per heavy atom. The van der Waals surface area contributed by atoms with E-state index in [4.69, 9.17) is 18.9 Å². The Morgan fingerprint density at radius 1 is 0.817 bits per heavy atom. The first kappa shape index (κ1) is 67.9. The normalized spacial score (nSPS) is 20.9. The van der Waals surface area contributed by atoms with Crippen molar-refractivity contribution >= 4 is 53.4 Å². The number of carbonyl (C=O) groups excluding carboxylic acids is 8. The second-order valence-electron chi connectivity index (χ2n) is 22.9. The molecule has 2 aromatic rings. The van der Waals surface area contributed by atoms with Gasteiger partial charge in [0.25, 0.3) is 0 Å². The fourth-order valence-electron chi connectivity index (χ4n) is 11.0. The maximum absolute atomic E-state index is 14.7. The quantitative estimate of drug-likeness (QED) is 0.0346. The lowest BCUT2D eigenvalue weighted by Gasteiger charge is -2.41. The predicted octanol–water partition coefficient (Wildman–Crippen LogP) is 6.92. The minimum Gasteiger partial charge on any atom is -0.468 e. The van der Waals surface area contributed by atoms with Gasteiger partial charge in [0, 0.05) is 46.0 Å². The van der Waals surface area contributed by atoms with Gasteiger partial charge in [-0.3, -0.25) is 39.0 Å². The third kappa shape index (κ3) is 18.7. The maximum Gasteiger partial charge on any atom is 0.412 e. The van der Waals surface area contributed by atoms with Crippen molar-refractivity contribution in [1.82, 2.24) is 30.7 Å². The molecule has 2 aromatic carbocycles. The van der Waals surface area contributed by atoms with Gasteiger partial charge in [0.1, 0.15) is 31.3 Å². The Labute approximate surface area is 485 Å². The molecule has 1 saturated heterocycles. The van der Waals surface area contributed by atoms with Crippen LogP contribution in [0.15, 0.2) is 66.7 Å². The second kappa shape index (κ2) is 32.3. The van der Waals surface area contributed by atoms with Crippen LogP contribution < -0.4 is 21.3 Å². The summed E-state index contributed by atoms with van der Waals surface area (Å²) >= 11 is 0. The molecule has 0 spiro atoms. The van der Waals surface area contributed by atoms with E-state index in [9.17, 15) is 43.5 Å². The number of hydrogen-bond acceptors (Lipinski definition) is 14. The molecule has 456 valence electrons. The van der Waals surface area contributed by atoms with Gasteiger partial charge >= 0.3 is 18.2 Å². The number of esters is 1. The molecule has 2 aliphatic rings. The summed E-state index contributed by atoms with van der Waals surface area (Å²) in [4.78, 5) is 113. The number of ether oxygens (including phenoxy) is 5. The van der Waals surface area contributed by atoms with E-state index in [2.05, 4.69) is 26.0 Å². The number of rotatable bonds is 27. The predicted molar refractivity (Wildman–Crippen MR) is 310 cm³/mol. The number of nitrogens with zero attached hydrogens (tertiary/aromatic N) is 3. The second-order valence-corrected chi connectivity index (χ2v) is 22.9. The van der Waals surface area contributed by atoms with Crippen molar-refractivity contribution in [3.63, 3.8) is 0 Å². The highest BCUT2D eigenvalue weighted by molar-refractivity contribution is 5.92. The van der Waals surface area contributed by atoms with Crippen molar-refractivity contribution in [2.24, 2.45) is 29.1 Å². The summed E-state index contributed by atoms with van der Waals surface area (Å²) in [7, 11) is 7.40. The summed E-state index contributed by atoms with van der Waals surface area (Å²) in [5.41, 5.74) is 0.918. The molecule has 21 nitrogen and oxygen atoms in total. The minimum atomic E-state index is -1.04. The molecule has 12 atom stereocenters. The van der Waals surface area contributed by atoms with Crippen LogP contribution in [0.25, 0.3) is 0 Å². The summed E-state index contributed by atoms with van der Waals surface area (Å²) in [6.45, 7) is 16.6. The van der Waals surface area contributed by atoms with E-state index in [1.54, 1.807) is 87.0 Å². The molecule has 0 aromatic heterocycles. The van der Waals surface area contributed by atoms with Gasteiger partial charge in [0.2, 0.25) is 29.5 Å². The number of nitrogens with one attached hydrogen (secondary N) is 4. The largest absolute Gasteiger partial charge is 0.468 e. The zero-order valence-corrected chi connectivity index (χ0v) is 50.7. The average molecular weight is 1150 g/mol. The average Bonchev–Trinajstić information content (AvgIpc) is 4.09. The van der Waals surface area contributed by atoms with Crippen LogP contribution in [0.3, 0.4) is 0 Å². The van der Waals surface area contributed by atoms with E-state index in [-0.39, 0.29) is 49.1 Å². The van der Waals surface area contributed by atoms with Crippen molar-refractivity contribution in [3.05, 3.63) is 77.9 Å². The molecule has 1 aliphatic heterocycles. The Morgan fingerprint density at radius 2 is 1.49 bits per heavy atom. The van der Waals surface area contributed by atoms with Crippen LogP contribution in [0.4, 0.5) is 15.3 Å². The fourth-order valence-corrected chi connectivity index (χ4v) is 11.0. The first-order valence-electron chi connectivity index (χ1n) is 28.8. The van der Waals surface area contributed by atoms with Gasteiger partial charge in [0.15, 0.2) is 0 Å². The molecular formula is C61H93N7O14. The van der Waals surface area contributed by atoms with Gasteiger partial charge in [-0.05, 0) is 92.5 Å². The monoisotopic (exact) mass is 1150 g/mol. The highest BCUT2D eigenvalue weighted by atomic mass is 16.6. The van der Waals surface area contributed by atoms with Gasteiger partial charge in [-0.1, -0.05) is 110 Å². The van der Waals surface area contributed by atoms with Crippen LogP contribution in [-0.4, -0.2) is 165 Å². The number of likely N-dealkylation sites (N-methyl/N-ethyl adjacent to an activating group) is 2. The van der Waals surface area contributed by atoms with Gasteiger partial charge in [0.05, 0.1) is 55.9 Å². The van der Waals surface area contributed by atoms with Crippen LogP contribution in [-0.2, 0) is 59.1 Å². The van der Waals surface area contributed by atoms with Crippen molar-refractivity contribution in [3.8, 4) is 0 Å². The number of hydrogen-bond donors (Lipinski definition) is 5. The van der Waals surface area contributed by atoms with Crippen molar-refractivity contribution in [1.29, 1.82) is 0 Å². The number of aliphatic hydroxyl groups excluding tert-OH is 1. The third-order valence-electron chi connectivity index (χ3n) is 16.3. The molecule has 1 unspecified atom stereocenters. The highest BCUT2D eigenvalue weighted by Gasteiger charge is 2.44. The molecular weight excluding hydrogens is 1050 g/mol. The van der Waals surface area contributed by atoms with E-state index in [0.29, 0.717) is 68.3 Å². The Balaban J connectivity index is 1.36. The third-order valence-corrected chi connectivity index (χ3v) is 16.3. The molecule has 4 rings (SSSR count). The summed E-state index contributed by atoms with van der Waals surface area (Å²) < 4.78 is 28.0. The summed E-state index contributed by atoms with van der Waals surface area (Å²) in [6, 6.07) is 12.0. The zero-order chi connectivity index (χ0) is 61.0. The van der Waals surface area contributed by atoms with E-state index in [1.807, 2.05) is 58.9 Å². The molecule has 0 bridgehead atoms. The smallest absolute Gasteiger partial charge is 0.412 e. The lowest BCUT2D eigenvalue weighted by Crippen LogP contribution is -2.60. The number of aliphatic hydroxyl groups is 1. The number of methoxy groups -OCH3 is 3. The van der Waals surface area contributed by atoms with Crippen LogP contribution >= 0.6 is 0 Å². The lowest BCUT2D eigenvalue weighted by atomic mass is 9.78. The summed E-state index contributed by atoms with van der Waals surface area (Å²) in [6.07, 6.45) is 3.07. The van der Waals surface area contributed by atoms with Crippen LogP contribution in [0, 0.1) is 29.1 Å². The molecule has 82 heavy (non-hydrogen) atoms. The van der Waals surface area contributed by atoms with Crippen LogP contribution in [0.1, 0.15) is 131 Å². The maximum atomic E-state index is 14.7. The van der Waals surface area contributed by atoms with E-state index < -0.39 is 102 Å². The number of carbonyl (C=O) groups is 8. The standard InChI is InChI=1S/C61H93N7O14/c1-15-39(6)52(47(78-12)34-48(69)68-33-21-25-46(68)54(80-14)40(7)55(72)63-41(8)53(71)43-22-17-16-18-23-43)66(10)57(74)50(37(2)3)65-56(73)51(38(4)5)67(11)60(77)81-36-42-26-28-44(29-27-42)64-59(76)82-45-24-19-20-31-61(9,32-30-45)58(75)62-35-49(70)79-13/h16-19,22-24,26-29,37-41,45-47,50-54,71H,15,20-21,25,30-36H2,1-14H3,(H,62,75)(H,63,72)(H,64,76)(H,65,73)/b24-19+/t39-,40+,41+,45-,46-,47?,50-,51-,52-,53+,54+,61+/m0/s1. The molecule has 0 radical (unpaired) electrons. The summed E-state index contributed by atoms with van der Waals surface area (Å²) in [5, 5.41) is 22.2. The van der Waals surface area contributed by atoms with Crippen molar-refractivity contribution in [2.45, 2.75) is 175 Å². The minimum absolute atomic E-state index is 0.0695. The van der Waals surface area contributed by atoms with E-state index >= 15 is 0 Å². The molecule has 5 N–H and O–H groups in total. The summed E-state index contributed by atoms with van der Waals surface area (Å²) in [5.74, 6) is -3.92. The van der Waals surface area contributed by atoms with Crippen molar-refractivity contribution < 1.29 is 67.1 Å². The first-order chi connectivity index (χ1) is 38.8. The lowest BCUT2D eigenvalue weighted by molar-refractivity contribution is -0.148. The highest BCUT2D eigenvalue weighted by Crippen LogP contribution is 2.34. The topological polar surface area (TPSA) is 261 Å². The number of benzene rings is 2. The fraction of sp³-hybridized carbons (Fsp3) is 0.639. The molecule has 7 amide bonds. The molecule has 1 fully saturated rings. The molecule has 1 heterocycles. The van der Waals surface area contributed by atoms with Gasteiger partial charge in [-0.2, -0.15) is 0 Å². The zero-order valence-electron chi connectivity index (χ0n) is 50.7. The van der Waals surface area contributed by atoms with Crippen molar-refractivity contribution in [2.75, 3.05) is 53.8 Å². The molecule has 0 saturated carbocycles. The van der Waals surface area contributed by atoms with Gasteiger partial charge in [-0.15, -0.1) is 0 Å². The number of allylic oxidation sites excluding steroid dienone is 1. The van der Waals surface area contributed by atoms with E-state index in [1.165, 1.54) is 33.3 Å². The van der Waals surface area contributed by atoms with Gasteiger partial charge in [-0.25, -0.2) is 9.59 Å². The van der Waals surface area contributed by atoms with Gasteiger partial charge < -0.3 is 54.5 Å². The number of anilines is 1. The number of amides is 7.